The van der Waals surface area contributed by atoms with E-state index in [9.17, 15) is 9.90 Å². The summed E-state index contributed by atoms with van der Waals surface area (Å²) in [5.41, 5.74) is 1.91. The van der Waals surface area contributed by atoms with Crippen LogP contribution in [0.1, 0.15) is 24.0 Å². The Morgan fingerprint density at radius 1 is 1.58 bits per heavy atom. The molecule has 1 aliphatic rings. The second-order valence-electron chi connectivity index (χ2n) is 4.88. The number of aryl methyl sites for hydroxylation is 1. The summed E-state index contributed by atoms with van der Waals surface area (Å²) in [7, 11) is 1.62. The average molecular weight is 284 g/mol. The molecule has 4 nitrogen and oxygen atoms in total. The Balaban J connectivity index is 2.25. The Kier molecular flexibility index (Phi) is 4.32. The molecule has 2 rings (SSSR count). The first kappa shape index (κ1) is 14.2. The summed E-state index contributed by atoms with van der Waals surface area (Å²) in [5, 5.41) is 9.85. The van der Waals surface area contributed by atoms with Crippen LogP contribution < -0.4 is 4.74 Å². The SMILES string of the molecule is COc1c(C)cc(Cl)cc1CN1CCCC1C(=O)O. The molecule has 0 radical (unpaired) electrons. The Morgan fingerprint density at radius 3 is 2.95 bits per heavy atom. The standard InChI is InChI=1S/C14H18ClNO3/c1-9-6-11(15)7-10(13(9)19-2)8-16-5-3-4-12(16)14(17)18/h6-7,12H,3-5,8H2,1-2H3,(H,17,18). The van der Waals surface area contributed by atoms with Gasteiger partial charge in [-0.2, -0.15) is 0 Å². The number of ether oxygens (including phenoxy) is 1. The number of methoxy groups -OCH3 is 1. The number of benzene rings is 1. The molecule has 0 spiro atoms. The summed E-state index contributed by atoms with van der Waals surface area (Å²) in [4.78, 5) is 13.2. The van der Waals surface area contributed by atoms with E-state index in [1.54, 1.807) is 7.11 Å². The van der Waals surface area contributed by atoms with E-state index in [0.29, 0.717) is 18.0 Å². The average Bonchev–Trinajstić information content (AvgIpc) is 2.76. The van der Waals surface area contributed by atoms with Gasteiger partial charge in [0.1, 0.15) is 11.8 Å². The minimum absolute atomic E-state index is 0.399. The Hall–Kier alpha value is -1.26. The lowest BCUT2D eigenvalue weighted by Crippen LogP contribution is -2.35. The molecule has 0 aromatic heterocycles. The van der Waals surface area contributed by atoms with Crippen molar-refractivity contribution in [3.05, 3.63) is 28.3 Å². The zero-order chi connectivity index (χ0) is 14.0. The zero-order valence-corrected chi connectivity index (χ0v) is 11.9. The van der Waals surface area contributed by atoms with Gasteiger partial charge < -0.3 is 9.84 Å². The van der Waals surface area contributed by atoms with E-state index >= 15 is 0 Å². The van der Waals surface area contributed by atoms with E-state index < -0.39 is 12.0 Å². The van der Waals surface area contributed by atoms with E-state index in [4.69, 9.17) is 16.3 Å². The smallest absolute Gasteiger partial charge is 0.320 e. The fourth-order valence-corrected chi connectivity index (χ4v) is 3.02. The normalized spacial score (nSPS) is 19.6. The number of hydrogen-bond donors (Lipinski definition) is 1. The predicted octanol–water partition coefficient (Wildman–Crippen LogP) is 2.71. The number of nitrogens with zero attached hydrogens (tertiary/aromatic N) is 1. The second-order valence-corrected chi connectivity index (χ2v) is 5.32. The summed E-state index contributed by atoms with van der Waals surface area (Å²) in [6, 6.07) is 3.30. The van der Waals surface area contributed by atoms with Crippen LogP contribution in [0.25, 0.3) is 0 Å². The first-order chi connectivity index (χ1) is 9.02. The Morgan fingerprint density at radius 2 is 2.32 bits per heavy atom. The largest absolute Gasteiger partial charge is 0.496 e. The van der Waals surface area contributed by atoms with E-state index in [1.807, 2.05) is 24.0 Å². The fourth-order valence-electron chi connectivity index (χ4n) is 2.72. The van der Waals surface area contributed by atoms with Gasteiger partial charge >= 0.3 is 5.97 Å². The quantitative estimate of drug-likeness (QED) is 0.923. The topological polar surface area (TPSA) is 49.8 Å². The van der Waals surface area contributed by atoms with Crippen LogP contribution in [0.2, 0.25) is 5.02 Å². The molecule has 1 N–H and O–H groups in total. The van der Waals surface area contributed by atoms with Crippen LogP contribution in [0, 0.1) is 6.92 Å². The molecule has 1 heterocycles. The number of aliphatic carboxylic acids is 1. The Labute approximate surface area is 117 Å². The summed E-state index contributed by atoms with van der Waals surface area (Å²) < 4.78 is 5.40. The van der Waals surface area contributed by atoms with Crippen molar-refractivity contribution in [3.8, 4) is 5.75 Å². The van der Waals surface area contributed by atoms with Crippen molar-refractivity contribution in [2.75, 3.05) is 13.7 Å². The minimum atomic E-state index is -0.754. The van der Waals surface area contributed by atoms with E-state index in [2.05, 4.69) is 0 Å². The maximum Gasteiger partial charge on any atom is 0.320 e. The number of carbonyl (C=O) groups is 1. The highest BCUT2D eigenvalue weighted by molar-refractivity contribution is 6.30. The summed E-state index contributed by atoms with van der Waals surface area (Å²) in [6.45, 7) is 3.29. The first-order valence-electron chi connectivity index (χ1n) is 6.32. The van der Waals surface area contributed by atoms with Gasteiger partial charge in [-0.15, -0.1) is 0 Å². The highest BCUT2D eigenvalue weighted by Crippen LogP contribution is 2.30. The summed E-state index contributed by atoms with van der Waals surface area (Å²) in [5.74, 6) is 0.0376. The maximum absolute atomic E-state index is 11.2. The van der Waals surface area contributed by atoms with Gasteiger partial charge in [-0.05, 0) is 44.0 Å². The molecule has 0 amide bonds. The van der Waals surface area contributed by atoms with Gasteiger partial charge in [-0.1, -0.05) is 11.6 Å². The van der Waals surface area contributed by atoms with Crippen molar-refractivity contribution >= 4 is 17.6 Å². The molecule has 1 aromatic carbocycles. The van der Waals surface area contributed by atoms with Gasteiger partial charge in [0.15, 0.2) is 0 Å². The van der Waals surface area contributed by atoms with Crippen molar-refractivity contribution in [3.63, 3.8) is 0 Å². The van der Waals surface area contributed by atoms with Crippen molar-refractivity contribution in [2.24, 2.45) is 0 Å². The molecule has 0 saturated carbocycles. The number of carboxylic acids is 1. The summed E-state index contributed by atoms with van der Waals surface area (Å²) >= 11 is 6.07. The van der Waals surface area contributed by atoms with Crippen LogP contribution in [0.3, 0.4) is 0 Å². The minimum Gasteiger partial charge on any atom is -0.496 e. The lowest BCUT2D eigenvalue weighted by atomic mass is 10.1. The van der Waals surface area contributed by atoms with Crippen LogP contribution >= 0.6 is 11.6 Å². The second kappa shape index (κ2) is 5.80. The van der Waals surface area contributed by atoms with Gasteiger partial charge in [0.25, 0.3) is 0 Å². The van der Waals surface area contributed by atoms with Gasteiger partial charge in [0, 0.05) is 17.1 Å². The third-order valence-electron chi connectivity index (χ3n) is 3.54. The van der Waals surface area contributed by atoms with Crippen LogP contribution in [0.5, 0.6) is 5.75 Å². The monoisotopic (exact) mass is 283 g/mol. The van der Waals surface area contributed by atoms with Crippen molar-refractivity contribution in [1.82, 2.24) is 4.90 Å². The van der Waals surface area contributed by atoms with Crippen LogP contribution in [-0.2, 0) is 11.3 Å². The summed E-state index contributed by atoms with van der Waals surface area (Å²) in [6.07, 6.45) is 1.62. The predicted molar refractivity (Wildman–Crippen MR) is 73.8 cm³/mol. The fraction of sp³-hybridized carbons (Fsp3) is 0.500. The highest BCUT2D eigenvalue weighted by Gasteiger charge is 2.31. The third kappa shape index (κ3) is 3.01. The van der Waals surface area contributed by atoms with Crippen molar-refractivity contribution in [1.29, 1.82) is 0 Å². The molecule has 1 fully saturated rings. The lowest BCUT2D eigenvalue weighted by molar-refractivity contribution is -0.142. The van der Waals surface area contributed by atoms with Gasteiger partial charge in [0.05, 0.1) is 7.11 Å². The molecule has 0 aliphatic carbocycles. The van der Waals surface area contributed by atoms with Gasteiger partial charge in [-0.25, -0.2) is 0 Å². The van der Waals surface area contributed by atoms with Gasteiger partial charge in [0.2, 0.25) is 0 Å². The van der Waals surface area contributed by atoms with E-state index in [-0.39, 0.29) is 0 Å². The van der Waals surface area contributed by atoms with Crippen molar-refractivity contribution < 1.29 is 14.6 Å². The molecule has 104 valence electrons. The molecule has 1 unspecified atom stereocenters. The molecule has 1 atom stereocenters. The Bertz CT molecular complexity index is 490. The zero-order valence-electron chi connectivity index (χ0n) is 11.1. The molecule has 1 saturated heterocycles. The number of likely N-dealkylation sites (tertiary alicyclic amines) is 1. The number of halogens is 1. The lowest BCUT2D eigenvalue weighted by Gasteiger charge is -2.23. The van der Waals surface area contributed by atoms with Crippen LogP contribution in [-0.4, -0.2) is 35.7 Å². The molecule has 1 aromatic rings. The van der Waals surface area contributed by atoms with Crippen molar-refractivity contribution in [2.45, 2.75) is 32.4 Å². The highest BCUT2D eigenvalue weighted by atomic mass is 35.5. The van der Waals surface area contributed by atoms with E-state index in [1.165, 1.54) is 0 Å². The molecule has 1 aliphatic heterocycles. The molecular formula is C14H18ClNO3. The third-order valence-corrected chi connectivity index (χ3v) is 3.76. The molecular weight excluding hydrogens is 266 g/mol. The maximum atomic E-state index is 11.2. The molecule has 19 heavy (non-hydrogen) atoms. The van der Waals surface area contributed by atoms with Gasteiger partial charge in [-0.3, -0.25) is 9.69 Å². The molecule has 0 bridgehead atoms. The van der Waals surface area contributed by atoms with Crippen LogP contribution in [0.15, 0.2) is 12.1 Å². The molecule has 5 heteroatoms. The number of carboxylic acid groups (broad SMARTS) is 1. The first-order valence-corrected chi connectivity index (χ1v) is 6.70. The number of rotatable bonds is 4. The van der Waals surface area contributed by atoms with Crippen LogP contribution in [0.4, 0.5) is 0 Å². The van der Waals surface area contributed by atoms with E-state index in [0.717, 1.165) is 29.8 Å². The number of hydrogen-bond acceptors (Lipinski definition) is 3.